The fourth-order valence-corrected chi connectivity index (χ4v) is 4.49. The molecule has 3 N–H and O–H groups in total. The van der Waals surface area contributed by atoms with Gasteiger partial charge in [0.15, 0.2) is 11.4 Å². The summed E-state index contributed by atoms with van der Waals surface area (Å²) in [5.74, 6) is -5.77. The molecule has 216 valence electrons. The monoisotopic (exact) mass is 583 g/mol. The van der Waals surface area contributed by atoms with E-state index in [0.717, 1.165) is 4.57 Å². The summed E-state index contributed by atoms with van der Waals surface area (Å²) in [7, 11) is 0. The van der Waals surface area contributed by atoms with Crippen molar-refractivity contribution in [2.75, 3.05) is 10.2 Å². The van der Waals surface area contributed by atoms with E-state index < -0.39 is 82.0 Å². The molecule has 4 rings (SSSR count). The predicted octanol–water partition coefficient (Wildman–Crippen LogP) is 4.57. The number of rotatable bonds is 4. The van der Waals surface area contributed by atoms with Crippen molar-refractivity contribution in [1.82, 2.24) is 4.57 Å². The van der Waals surface area contributed by atoms with Crippen LogP contribution >= 0.6 is 0 Å². The van der Waals surface area contributed by atoms with Gasteiger partial charge in [-0.25, -0.2) is 4.79 Å². The van der Waals surface area contributed by atoms with Crippen molar-refractivity contribution in [3.63, 3.8) is 0 Å². The van der Waals surface area contributed by atoms with Crippen molar-refractivity contribution >= 4 is 29.2 Å². The van der Waals surface area contributed by atoms with Crippen LogP contribution in [0.4, 0.5) is 37.7 Å². The van der Waals surface area contributed by atoms with Gasteiger partial charge in [0.2, 0.25) is 11.3 Å². The van der Waals surface area contributed by atoms with Crippen LogP contribution in [0.2, 0.25) is 0 Å². The maximum absolute atomic E-state index is 13.6. The number of hydrogen-bond donors (Lipinski definition) is 3. The quantitative estimate of drug-likeness (QED) is 0.386. The number of fused-ring (bicyclic) bond motifs is 1. The number of aromatic carboxylic acids is 1. The molecule has 1 atom stereocenters. The second kappa shape index (κ2) is 9.98. The van der Waals surface area contributed by atoms with Gasteiger partial charge in [-0.05, 0) is 43.2 Å². The van der Waals surface area contributed by atoms with Crippen molar-refractivity contribution in [2.45, 2.75) is 38.8 Å². The van der Waals surface area contributed by atoms with E-state index in [1.807, 2.05) is 0 Å². The second-order valence-corrected chi connectivity index (χ2v) is 9.24. The highest BCUT2D eigenvalue weighted by molar-refractivity contribution is 6.13. The highest BCUT2D eigenvalue weighted by Gasteiger charge is 2.43. The van der Waals surface area contributed by atoms with Gasteiger partial charge < -0.3 is 20.1 Å². The number of aromatic nitrogens is 1. The lowest BCUT2D eigenvalue weighted by molar-refractivity contribution is -0.143. The van der Waals surface area contributed by atoms with Crippen LogP contribution in [0.3, 0.4) is 0 Å². The fourth-order valence-electron chi connectivity index (χ4n) is 4.49. The first-order valence-corrected chi connectivity index (χ1v) is 11.6. The number of benzene rings is 2. The lowest BCUT2D eigenvalue weighted by Crippen LogP contribution is -2.55. The molecule has 2 heterocycles. The normalized spacial score (nSPS) is 15.5. The Balaban J connectivity index is 1.98. The third-order valence-corrected chi connectivity index (χ3v) is 6.47. The van der Waals surface area contributed by atoms with Gasteiger partial charge in [-0.15, -0.1) is 0 Å². The number of carbonyl (C=O) groups is 3. The number of carbonyl (C=O) groups excluding carboxylic acids is 2. The van der Waals surface area contributed by atoms with Crippen molar-refractivity contribution < 1.29 is 50.9 Å². The minimum Gasteiger partial charge on any atom is -0.503 e. The molecule has 1 aromatic heterocycles. The highest BCUT2D eigenvalue weighted by Crippen LogP contribution is 2.40. The molecule has 0 radical (unpaired) electrons. The number of aromatic hydroxyl groups is 1. The lowest BCUT2D eigenvalue weighted by atomic mass is 10.0. The average Bonchev–Trinajstić information content (AvgIpc) is 2.86. The van der Waals surface area contributed by atoms with Gasteiger partial charge in [0.05, 0.1) is 17.7 Å². The van der Waals surface area contributed by atoms with Gasteiger partial charge in [0.1, 0.15) is 11.6 Å². The summed E-state index contributed by atoms with van der Waals surface area (Å²) >= 11 is 0. The van der Waals surface area contributed by atoms with Gasteiger partial charge >= 0.3 is 18.3 Å². The maximum Gasteiger partial charge on any atom is 0.416 e. The molecule has 0 fully saturated rings. The lowest BCUT2D eigenvalue weighted by Gasteiger charge is -2.37. The molecule has 0 saturated carbocycles. The van der Waals surface area contributed by atoms with Gasteiger partial charge in [-0.3, -0.25) is 19.3 Å². The van der Waals surface area contributed by atoms with E-state index in [0.29, 0.717) is 22.2 Å². The molecule has 0 aliphatic carbocycles. The molecule has 1 unspecified atom stereocenters. The molecule has 41 heavy (non-hydrogen) atoms. The van der Waals surface area contributed by atoms with E-state index in [-0.39, 0.29) is 23.9 Å². The number of aryl methyl sites for hydroxylation is 2. The average molecular weight is 583 g/mol. The van der Waals surface area contributed by atoms with E-state index in [4.69, 9.17) is 0 Å². The first-order valence-electron chi connectivity index (χ1n) is 11.6. The summed E-state index contributed by atoms with van der Waals surface area (Å²) < 4.78 is 82.4. The molecule has 0 bridgehead atoms. The molecule has 9 nitrogen and oxygen atoms in total. The molecule has 15 heteroatoms. The van der Waals surface area contributed by atoms with Crippen LogP contribution in [-0.2, 0) is 23.7 Å². The number of halogens is 6. The zero-order chi connectivity index (χ0) is 30.6. The van der Waals surface area contributed by atoms with Gasteiger partial charge in [0, 0.05) is 17.6 Å². The van der Waals surface area contributed by atoms with E-state index in [9.17, 15) is 55.7 Å². The Bertz CT molecular complexity index is 1610. The first kappa shape index (κ1) is 29.2. The Labute approximate surface area is 226 Å². The minimum atomic E-state index is -5.29. The molecule has 2 aromatic carbocycles. The summed E-state index contributed by atoms with van der Waals surface area (Å²) in [6.45, 7) is 2.49. The van der Waals surface area contributed by atoms with Crippen LogP contribution in [0, 0.1) is 13.8 Å². The summed E-state index contributed by atoms with van der Waals surface area (Å²) in [6, 6.07) is 3.32. The largest absolute Gasteiger partial charge is 0.503 e. The number of alkyl halides is 6. The maximum atomic E-state index is 13.6. The molecule has 0 spiro atoms. The van der Waals surface area contributed by atoms with E-state index in [2.05, 4.69) is 5.32 Å². The summed E-state index contributed by atoms with van der Waals surface area (Å²) in [5.41, 5.74) is -6.66. The van der Waals surface area contributed by atoms with Gasteiger partial charge in [-0.2, -0.15) is 26.3 Å². The standard InChI is InChI=1S/C26H19F6N3O6/c1-11-4-3-5-12(2)18(11)33-22(38)17-10-34-9-16(24(40)41)20(36)21(37)19(34)23(39)35(17)15-7-13(25(27,28)29)6-14(8-15)26(30,31)32/h3-9,17,37H,10H2,1-2H3,(H,33,38)(H,40,41). The van der Waals surface area contributed by atoms with Crippen LogP contribution in [0.25, 0.3) is 0 Å². The number of anilines is 2. The second-order valence-electron chi connectivity index (χ2n) is 9.24. The van der Waals surface area contributed by atoms with E-state index >= 15 is 0 Å². The number of carboxylic acid groups (broad SMARTS) is 1. The zero-order valence-corrected chi connectivity index (χ0v) is 21.0. The van der Waals surface area contributed by atoms with E-state index in [1.165, 1.54) is 0 Å². The van der Waals surface area contributed by atoms with Crippen molar-refractivity contribution in [2.24, 2.45) is 0 Å². The summed E-state index contributed by atoms with van der Waals surface area (Å²) in [4.78, 5) is 51.4. The third kappa shape index (κ3) is 5.34. The zero-order valence-electron chi connectivity index (χ0n) is 21.0. The Morgan fingerprint density at radius 3 is 1.98 bits per heavy atom. The third-order valence-electron chi connectivity index (χ3n) is 6.47. The Kier molecular flexibility index (Phi) is 7.10. The molecule has 1 aliphatic heterocycles. The van der Waals surface area contributed by atoms with Crippen molar-refractivity contribution in [3.05, 3.63) is 86.3 Å². The first-order chi connectivity index (χ1) is 18.9. The number of hydrogen-bond acceptors (Lipinski definition) is 5. The SMILES string of the molecule is Cc1cccc(C)c1NC(=O)C1Cn2cc(C(=O)O)c(=O)c(O)c2C(=O)N1c1cc(C(F)(F)F)cc(C(F)(F)F)c1. The fraction of sp³-hybridized carbons (Fsp3) is 0.231. The van der Waals surface area contributed by atoms with Gasteiger partial charge in [-0.1, -0.05) is 18.2 Å². The molecule has 0 saturated heterocycles. The summed E-state index contributed by atoms with van der Waals surface area (Å²) in [6.07, 6.45) is -9.93. The van der Waals surface area contributed by atoms with Crippen LogP contribution in [-0.4, -0.2) is 38.6 Å². The number of para-hydroxylation sites is 1. The van der Waals surface area contributed by atoms with Crippen molar-refractivity contribution in [3.8, 4) is 5.75 Å². The Morgan fingerprint density at radius 1 is 0.951 bits per heavy atom. The Morgan fingerprint density at radius 2 is 1.49 bits per heavy atom. The Hall–Kier alpha value is -4.82. The number of nitrogens with one attached hydrogen (secondary N) is 1. The van der Waals surface area contributed by atoms with Gasteiger partial charge in [0.25, 0.3) is 5.91 Å². The van der Waals surface area contributed by atoms with Crippen LogP contribution in [0.1, 0.15) is 43.1 Å². The number of carboxylic acids is 1. The topological polar surface area (TPSA) is 129 Å². The molecule has 2 amide bonds. The molecule has 1 aliphatic rings. The van der Waals surface area contributed by atoms with Crippen LogP contribution in [0.5, 0.6) is 5.75 Å². The minimum absolute atomic E-state index is 0.168. The number of amides is 2. The predicted molar refractivity (Wildman–Crippen MR) is 131 cm³/mol. The molecule has 3 aromatic rings. The summed E-state index contributed by atoms with van der Waals surface area (Å²) in [5, 5.41) is 22.2. The molecular weight excluding hydrogens is 564 g/mol. The van der Waals surface area contributed by atoms with Crippen molar-refractivity contribution in [1.29, 1.82) is 0 Å². The smallest absolute Gasteiger partial charge is 0.416 e. The van der Waals surface area contributed by atoms with E-state index in [1.54, 1.807) is 32.0 Å². The highest BCUT2D eigenvalue weighted by atomic mass is 19.4. The van der Waals surface area contributed by atoms with Crippen LogP contribution < -0.4 is 15.6 Å². The van der Waals surface area contributed by atoms with Crippen LogP contribution in [0.15, 0.2) is 47.4 Å². The number of pyridine rings is 1. The molecular formula is C26H19F6N3O6. The number of nitrogens with zero attached hydrogens (tertiary/aromatic N) is 2.